The van der Waals surface area contributed by atoms with Crippen LogP contribution >= 0.6 is 35.0 Å². The number of nitrogens with one attached hydrogen (secondary N) is 1. The molecule has 3 aromatic rings. The molecule has 0 aliphatic carbocycles. The summed E-state index contributed by atoms with van der Waals surface area (Å²) in [4.78, 5) is 12.1. The lowest BCUT2D eigenvalue weighted by molar-refractivity contribution is -0.113. The summed E-state index contributed by atoms with van der Waals surface area (Å²) in [6, 6.07) is 14.1. The summed E-state index contributed by atoms with van der Waals surface area (Å²) in [6.07, 6.45) is 0. The lowest BCUT2D eigenvalue weighted by atomic mass is 10.1. The summed E-state index contributed by atoms with van der Waals surface area (Å²) < 4.78 is 10.6. The predicted molar refractivity (Wildman–Crippen MR) is 116 cm³/mol. The Morgan fingerprint density at radius 2 is 1.76 bits per heavy atom. The van der Waals surface area contributed by atoms with Crippen LogP contribution in [0.15, 0.2) is 53.6 Å². The molecule has 1 heterocycles. The van der Waals surface area contributed by atoms with Crippen LogP contribution < -0.4 is 14.8 Å². The first-order valence-electron chi connectivity index (χ1n) is 8.44. The minimum Gasteiger partial charge on any atom is -0.493 e. The molecule has 0 radical (unpaired) electrons. The number of nitrogens with zero attached hydrogens (tertiary/aromatic N) is 2. The molecular formula is C20H17Cl2N3O3S. The fraction of sp³-hybridized carbons (Fsp3) is 0.150. The fourth-order valence-corrected chi connectivity index (χ4v) is 3.37. The van der Waals surface area contributed by atoms with Gasteiger partial charge in [0.05, 0.1) is 35.7 Å². The second-order valence-electron chi connectivity index (χ2n) is 5.79. The molecule has 0 fully saturated rings. The van der Waals surface area contributed by atoms with Crippen molar-refractivity contribution in [3.8, 4) is 22.8 Å². The van der Waals surface area contributed by atoms with E-state index in [1.54, 1.807) is 32.4 Å². The lowest BCUT2D eigenvalue weighted by Gasteiger charge is -2.09. The third-order valence-corrected chi connectivity index (χ3v) is 5.53. The van der Waals surface area contributed by atoms with Crippen molar-refractivity contribution in [1.29, 1.82) is 0 Å². The number of thioether (sulfide) groups is 1. The number of aromatic nitrogens is 2. The lowest BCUT2D eigenvalue weighted by Crippen LogP contribution is -2.14. The van der Waals surface area contributed by atoms with E-state index in [2.05, 4.69) is 15.5 Å². The second-order valence-corrected chi connectivity index (χ2v) is 7.60. The monoisotopic (exact) mass is 449 g/mol. The molecule has 2 aromatic carbocycles. The van der Waals surface area contributed by atoms with Gasteiger partial charge in [-0.2, -0.15) is 0 Å². The van der Waals surface area contributed by atoms with Gasteiger partial charge in [-0.15, -0.1) is 10.2 Å². The largest absolute Gasteiger partial charge is 0.493 e. The van der Waals surface area contributed by atoms with Crippen molar-refractivity contribution in [3.63, 3.8) is 0 Å². The Morgan fingerprint density at radius 3 is 2.41 bits per heavy atom. The van der Waals surface area contributed by atoms with Crippen molar-refractivity contribution in [1.82, 2.24) is 10.2 Å². The Bertz CT molecular complexity index is 1020. The van der Waals surface area contributed by atoms with Crippen molar-refractivity contribution in [2.24, 2.45) is 0 Å². The number of carbonyl (C=O) groups excluding carboxylic acids is 1. The number of amides is 1. The van der Waals surface area contributed by atoms with Gasteiger partial charge >= 0.3 is 0 Å². The van der Waals surface area contributed by atoms with E-state index in [1.807, 2.05) is 30.3 Å². The zero-order valence-corrected chi connectivity index (χ0v) is 17.9. The SMILES string of the molecule is COc1ccc(-c2ccc(SCC(=O)Nc3ccc(Cl)c(Cl)c3)nn2)cc1OC. The number of hydrogen-bond acceptors (Lipinski definition) is 6. The van der Waals surface area contributed by atoms with Gasteiger partial charge < -0.3 is 14.8 Å². The molecule has 1 N–H and O–H groups in total. The fourth-order valence-electron chi connectivity index (χ4n) is 2.46. The van der Waals surface area contributed by atoms with Crippen LogP contribution in [0.25, 0.3) is 11.3 Å². The highest BCUT2D eigenvalue weighted by Gasteiger charge is 2.10. The number of ether oxygens (including phenoxy) is 2. The predicted octanol–water partition coefficient (Wildman–Crippen LogP) is 5.20. The highest BCUT2D eigenvalue weighted by molar-refractivity contribution is 7.99. The van der Waals surface area contributed by atoms with Crippen molar-refractivity contribution in [3.05, 3.63) is 58.6 Å². The molecule has 0 atom stereocenters. The van der Waals surface area contributed by atoms with E-state index in [-0.39, 0.29) is 11.7 Å². The molecule has 0 aliphatic heterocycles. The first kappa shape index (κ1) is 21.2. The maximum Gasteiger partial charge on any atom is 0.234 e. The van der Waals surface area contributed by atoms with Crippen LogP contribution in [0.2, 0.25) is 10.0 Å². The van der Waals surface area contributed by atoms with E-state index >= 15 is 0 Å². The highest BCUT2D eigenvalue weighted by atomic mass is 35.5. The van der Waals surface area contributed by atoms with Crippen LogP contribution in [0.4, 0.5) is 5.69 Å². The van der Waals surface area contributed by atoms with Gasteiger partial charge in [0.1, 0.15) is 5.03 Å². The highest BCUT2D eigenvalue weighted by Crippen LogP contribution is 2.31. The van der Waals surface area contributed by atoms with Gasteiger partial charge in [-0.3, -0.25) is 4.79 Å². The minimum atomic E-state index is -0.181. The number of halogens is 2. The maximum absolute atomic E-state index is 12.1. The molecule has 29 heavy (non-hydrogen) atoms. The van der Waals surface area contributed by atoms with E-state index in [4.69, 9.17) is 32.7 Å². The van der Waals surface area contributed by atoms with Crippen molar-refractivity contribution >= 4 is 46.6 Å². The molecule has 1 aromatic heterocycles. The van der Waals surface area contributed by atoms with Crippen LogP contribution in [0.5, 0.6) is 11.5 Å². The first-order valence-corrected chi connectivity index (χ1v) is 10.2. The van der Waals surface area contributed by atoms with Gasteiger partial charge in [0.2, 0.25) is 5.91 Å². The van der Waals surface area contributed by atoms with Crippen molar-refractivity contribution in [2.45, 2.75) is 5.03 Å². The Labute approximate surface area is 182 Å². The topological polar surface area (TPSA) is 73.3 Å². The number of rotatable bonds is 7. The molecule has 150 valence electrons. The molecule has 0 unspecified atom stereocenters. The number of hydrogen-bond donors (Lipinski definition) is 1. The molecule has 0 saturated heterocycles. The van der Waals surface area contributed by atoms with Crippen LogP contribution in [-0.2, 0) is 4.79 Å². The molecule has 0 spiro atoms. The van der Waals surface area contributed by atoms with E-state index in [9.17, 15) is 4.79 Å². The molecular weight excluding hydrogens is 433 g/mol. The Balaban J connectivity index is 1.60. The van der Waals surface area contributed by atoms with Gasteiger partial charge in [-0.25, -0.2) is 0 Å². The van der Waals surface area contributed by atoms with E-state index in [0.29, 0.717) is 38.0 Å². The standard InChI is InChI=1S/C20H17Cl2N3O3S/c1-27-17-7-3-12(9-18(17)28-2)16-6-8-20(25-24-16)29-11-19(26)23-13-4-5-14(21)15(22)10-13/h3-10H,11H2,1-2H3,(H,23,26). The number of carbonyl (C=O) groups is 1. The summed E-state index contributed by atoms with van der Waals surface area (Å²) >= 11 is 13.1. The average Bonchev–Trinajstić information content (AvgIpc) is 2.74. The smallest absolute Gasteiger partial charge is 0.234 e. The van der Waals surface area contributed by atoms with Gasteiger partial charge in [-0.05, 0) is 48.5 Å². The first-order chi connectivity index (χ1) is 14.0. The molecule has 1 amide bonds. The van der Waals surface area contributed by atoms with Gasteiger partial charge in [0.15, 0.2) is 11.5 Å². The van der Waals surface area contributed by atoms with Crippen LogP contribution in [0, 0.1) is 0 Å². The number of benzene rings is 2. The molecule has 0 bridgehead atoms. The quantitative estimate of drug-likeness (QED) is 0.499. The molecule has 3 rings (SSSR count). The Morgan fingerprint density at radius 1 is 0.966 bits per heavy atom. The Hall–Kier alpha value is -2.48. The summed E-state index contributed by atoms with van der Waals surface area (Å²) in [5.41, 5.74) is 2.12. The summed E-state index contributed by atoms with van der Waals surface area (Å²) in [5.74, 6) is 1.26. The maximum atomic E-state index is 12.1. The third kappa shape index (κ3) is 5.53. The minimum absolute atomic E-state index is 0.181. The second kappa shape index (κ2) is 9.82. The summed E-state index contributed by atoms with van der Waals surface area (Å²) in [7, 11) is 3.16. The summed E-state index contributed by atoms with van der Waals surface area (Å²) in [6.45, 7) is 0. The average molecular weight is 450 g/mol. The third-order valence-electron chi connectivity index (χ3n) is 3.87. The van der Waals surface area contributed by atoms with Crippen molar-refractivity contribution in [2.75, 3.05) is 25.3 Å². The Kier molecular flexibility index (Phi) is 7.19. The van der Waals surface area contributed by atoms with E-state index in [1.165, 1.54) is 11.8 Å². The normalized spacial score (nSPS) is 10.5. The van der Waals surface area contributed by atoms with Gasteiger partial charge in [0.25, 0.3) is 0 Å². The molecule has 6 nitrogen and oxygen atoms in total. The van der Waals surface area contributed by atoms with E-state index < -0.39 is 0 Å². The zero-order valence-electron chi connectivity index (χ0n) is 15.6. The molecule has 9 heteroatoms. The van der Waals surface area contributed by atoms with Gasteiger partial charge in [0, 0.05) is 11.3 Å². The summed E-state index contributed by atoms with van der Waals surface area (Å²) in [5, 5.41) is 12.6. The van der Waals surface area contributed by atoms with Gasteiger partial charge in [-0.1, -0.05) is 35.0 Å². The van der Waals surface area contributed by atoms with Crippen molar-refractivity contribution < 1.29 is 14.3 Å². The van der Waals surface area contributed by atoms with Crippen LogP contribution in [0.3, 0.4) is 0 Å². The number of methoxy groups -OCH3 is 2. The number of anilines is 1. The van der Waals surface area contributed by atoms with E-state index in [0.717, 1.165) is 5.56 Å². The van der Waals surface area contributed by atoms with Crippen LogP contribution in [0.1, 0.15) is 0 Å². The molecule has 0 saturated carbocycles. The van der Waals surface area contributed by atoms with Crippen LogP contribution in [-0.4, -0.2) is 36.1 Å². The zero-order chi connectivity index (χ0) is 20.8. The molecule has 0 aliphatic rings.